The smallest absolute Gasteiger partial charge is 0.263 e. The maximum absolute atomic E-state index is 11.9. The van der Waals surface area contributed by atoms with Gasteiger partial charge in [-0.3, -0.25) is 4.79 Å². The van der Waals surface area contributed by atoms with Crippen molar-refractivity contribution in [3.05, 3.63) is 71.8 Å². The Morgan fingerprint density at radius 3 is 2.04 bits per heavy atom. The SMILES string of the molecule is Cc1ccc(Nc2ccc(NC(=O)COc3ccc(C)cc3)nn2)cc1. The predicted molar refractivity (Wildman–Crippen MR) is 102 cm³/mol. The highest BCUT2D eigenvalue weighted by Gasteiger charge is 2.06. The minimum atomic E-state index is -0.292. The highest BCUT2D eigenvalue weighted by Crippen LogP contribution is 2.15. The van der Waals surface area contributed by atoms with E-state index in [2.05, 4.69) is 20.8 Å². The summed E-state index contributed by atoms with van der Waals surface area (Å²) in [4.78, 5) is 11.9. The van der Waals surface area contributed by atoms with Crippen LogP contribution in [0.5, 0.6) is 5.75 Å². The van der Waals surface area contributed by atoms with Gasteiger partial charge in [0.2, 0.25) is 0 Å². The first kappa shape index (κ1) is 17.4. The van der Waals surface area contributed by atoms with Crippen LogP contribution in [0, 0.1) is 13.8 Å². The van der Waals surface area contributed by atoms with Crippen molar-refractivity contribution in [2.24, 2.45) is 0 Å². The molecule has 1 aromatic heterocycles. The lowest BCUT2D eigenvalue weighted by Crippen LogP contribution is -2.21. The Morgan fingerprint density at radius 1 is 0.846 bits per heavy atom. The van der Waals surface area contributed by atoms with Gasteiger partial charge in [0.05, 0.1) is 0 Å². The summed E-state index contributed by atoms with van der Waals surface area (Å²) in [6.07, 6.45) is 0. The number of ether oxygens (including phenoxy) is 1. The molecule has 3 aromatic rings. The Morgan fingerprint density at radius 2 is 1.42 bits per heavy atom. The third-order valence-electron chi connectivity index (χ3n) is 3.65. The molecule has 2 N–H and O–H groups in total. The topological polar surface area (TPSA) is 76.1 Å². The van der Waals surface area contributed by atoms with Crippen LogP contribution >= 0.6 is 0 Å². The molecule has 0 aliphatic carbocycles. The maximum atomic E-state index is 11.9. The third-order valence-corrected chi connectivity index (χ3v) is 3.65. The second-order valence-corrected chi connectivity index (χ2v) is 5.94. The summed E-state index contributed by atoms with van der Waals surface area (Å²) in [6, 6.07) is 18.9. The van der Waals surface area contributed by atoms with Crippen LogP contribution in [0.4, 0.5) is 17.3 Å². The maximum Gasteiger partial charge on any atom is 0.263 e. The number of carbonyl (C=O) groups excluding carboxylic acids is 1. The molecule has 0 spiro atoms. The number of anilines is 3. The van der Waals surface area contributed by atoms with E-state index in [1.165, 1.54) is 5.56 Å². The Kier molecular flexibility index (Phi) is 5.43. The molecule has 0 atom stereocenters. The highest BCUT2D eigenvalue weighted by atomic mass is 16.5. The molecule has 0 unspecified atom stereocenters. The van der Waals surface area contributed by atoms with Gasteiger partial charge in [0.15, 0.2) is 18.2 Å². The summed E-state index contributed by atoms with van der Waals surface area (Å²) < 4.78 is 5.43. The number of nitrogens with one attached hydrogen (secondary N) is 2. The Labute approximate surface area is 152 Å². The average molecular weight is 348 g/mol. The molecule has 0 fully saturated rings. The molecule has 0 aliphatic heterocycles. The number of carbonyl (C=O) groups is 1. The van der Waals surface area contributed by atoms with Gasteiger partial charge in [-0.25, -0.2) is 0 Å². The molecule has 2 aromatic carbocycles. The van der Waals surface area contributed by atoms with Gasteiger partial charge in [-0.05, 0) is 50.2 Å². The van der Waals surface area contributed by atoms with Crippen molar-refractivity contribution >= 4 is 23.2 Å². The summed E-state index contributed by atoms with van der Waals surface area (Å²) in [5, 5.41) is 13.9. The van der Waals surface area contributed by atoms with Crippen LogP contribution in [0.2, 0.25) is 0 Å². The van der Waals surface area contributed by atoms with Crippen molar-refractivity contribution in [3.8, 4) is 5.75 Å². The summed E-state index contributed by atoms with van der Waals surface area (Å²) in [7, 11) is 0. The molecule has 0 aliphatic rings. The van der Waals surface area contributed by atoms with Gasteiger partial charge in [-0.15, -0.1) is 10.2 Å². The number of benzene rings is 2. The van der Waals surface area contributed by atoms with E-state index in [1.807, 2.05) is 62.4 Å². The molecule has 0 saturated carbocycles. The number of aromatic nitrogens is 2. The number of hydrogen-bond acceptors (Lipinski definition) is 5. The summed E-state index contributed by atoms with van der Waals surface area (Å²) in [5.74, 6) is 1.33. The zero-order valence-corrected chi connectivity index (χ0v) is 14.7. The van der Waals surface area contributed by atoms with Gasteiger partial charge in [-0.2, -0.15) is 0 Å². The van der Waals surface area contributed by atoms with Crippen LogP contribution in [0.1, 0.15) is 11.1 Å². The second-order valence-electron chi connectivity index (χ2n) is 5.94. The standard InChI is InChI=1S/C20H20N4O2/c1-14-3-7-16(8-4-14)21-18-11-12-19(24-23-18)22-20(25)13-26-17-9-5-15(2)6-10-17/h3-12H,13H2,1-2H3,(H,21,23)(H,22,24,25). The van der Waals surface area contributed by atoms with Crippen LogP contribution in [0.15, 0.2) is 60.7 Å². The first-order valence-electron chi connectivity index (χ1n) is 8.25. The van der Waals surface area contributed by atoms with E-state index in [0.29, 0.717) is 17.4 Å². The van der Waals surface area contributed by atoms with Crippen LogP contribution in [-0.2, 0) is 4.79 Å². The predicted octanol–water partition coefficient (Wildman–Crippen LogP) is 3.85. The Bertz CT molecular complexity index is 860. The van der Waals surface area contributed by atoms with Gasteiger partial charge < -0.3 is 15.4 Å². The third kappa shape index (κ3) is 5.04. The zero-order chi connectivity index (χ0) is 18.4. The molecule has 132 valence electrons. The van der Waals surface area contributed by atoms with E-state index in [-0.39, 0.29) is 12.5 Å². The van der Waals surface area contributed by atoms with Gasteiger partial charge >= 0.3 is 0 Å². The van der Waals surface area contributed by atoms with Crippen LogP contribution < -0.4 is 15.4 Å². The summed E-state index contributed by atoms with van der Waals surface area (Å²) in [5.41, 5.74) is 3.25. The van der Waals surface area contributed by atoms with E-state index in [4.69, 9.17) is 4.74 Å². The highest BCUT2D eigenvalue weighted by molar-refractivity contribution is 5.90. The molecular weight excluding hydrogens is 328 g/mol. The fourth-order valence-corrected chi connectivity index (χ4v) is 2.21. The van der Waals surface area contributed by atoms with Crippen molar-refractivity contribution in [2.45, 2.75) is 13.8 Å². The summed E-state index contributed by atoms with van der Waals surface area (Å²) in [6.45, 7) is 3.93. The number of rotatable bonds is 6. The number of amides is 1. The lowest BCUT2D eigenvalue weighted by molar-refractivity contribution is -0.118. The lowest BCUT2D eigenvalue weighted by atomic mass is 10.2. The Balaban J connectivity index is 1.50. The van der Waals surface area contributed by atoms with Crippen molar-refractivity contribution in [1.82, 2.24) is 10.2 Å². The van der Waals surface area contributed by atoms with E-state index in [1.54, 1.807) is 12.1 Å². The van der Waals surface area contributed by atoms with Crippen molar-refractivity contribution < 1.29 is 9.53 Å². The first-order valence-corrected chi connectivity index (χ1v) is 8.25. The number of nitrogens with zero attached hydrogens (tertiary/aromatic N) is 2. The first-order chi connectivity index (χ1) is 12.6. The van der Waals surface area contributed by atoms with E-state index < -0.39 is 0 Å². The largest absolute Gasteiger partial charge is 0.484 e. The monoisotopic (exact) mass is 348 g/mol. The van der Waals surface area contributed by atoms with Crippen molar-refractivity contribution in [2.75, 3.05) is 17.2 Å². The normalized spacial score (nSPS) is 10.2. The molecule has 3 rings (SSSR count). The molecule has 0 saturated heterocycles. The van der Waals surface area contributed by atoms with E-state index in [9.17, 15) is 4.79 Å². The molecule has 26 heavy (non-hydrogen) atoms. The van der Waals surface area contributed by atoms with Crippen molar-refractivity contribution in [3.63, 3.8) is 0 Å². The van der Waals surface area contributed by atoms with E-state index in [0.717, 1.165) is 11.3 Å². The van der Waals surface area contributed by atoms with Gasteiger partial charge in [0.1, 0.15) is 5.75 Å². The molecule has 0 radical (unpaired) electrons. The fraction of sp³-hybridized carbons (Fsp3) is 0.150. The minimum absolute atomic E-state index is 0.0892. The fourth-order valence-electron chi connectivity index (χ4n) is 2.21. The Hall–Kier alpha value is -3.41. The second kappa shape index (κ2) is 8.11. The van der Waals surface area contributed by atoms with Crippen LogP contribution in [0.25, 0.3) is 0 Å². The van der Waals surface area contributed by atoms with Gasteiger partial charge in [-0.1, -0.05) is 35.4 Å². The number of hydrogen-bond donors (Lipinski definition) is 2. The van der Waals surface area contributed by atoms with Gasteiger partial charge in [0.25, 0.3) is 5.91 Å². The molecule has 0 bridgehead atoms. The molecule has 1 amide bonds. The van der Waals surface area contributed by atoms with Crippen LogP contribution in [-0.4, -0.2) is 22.7 Å². The lowest BCUT2D eigenvalue weighted by Gasteiger charge is -2.08. The van der Waals surface area contributed by atoms with Crippen molar-refractivity contribution in [1.29, 1.82) is 0 Å². The molecule has 1 heterocycles. The summed E-state index contributed by atoms with van der Waals surface area (Å²) >= 11 is 0. The van der Waals surface area contributed by atoms with Gasteiger partial charge in [0, 0.05) is 5.69 Å². The minimum Gasteiger partial charge on any atom is -0.484 e. The molecule has 6 nitrogen and oxygen atoms in total. The van der Waals surface area contributed by atoms with E-state index >= 15 is 0 Å². The molecule has 6 heteroatoms. The quantitative estimate of drug-likeness (QED) is 0.707. The van der Waals surface area contributed by atoms with Crippen LogP contribution in [0.3, 0.4) is 0 Å². The number of aryl methyl sites for hydroxylation is 2. The molecular formula is C20H20N4O2. The average Bonchev–Trinajstić information content (AvgIpc) is 2.65. The zero-order valence-electron chi connectivity index (χ0n) is 14.7.